The molecule has 84 valence electrons. The highest BCUT2D eigenvalue weighted by Gasteiger charge is 2.09. The Kier molecular flexibility index (Phi) is 5.86. The molecule has 0 unspecified atom stereocenters. The van der Waals surface area contributed by atoms with E-state index in [-0.39, 0.29) is 0 Å². The van der Waals surface area contributed by atoms with Gasteiger partial charge in [-0.2, -0.15) is 0 Å². The first kappa shape index (κ1) is 12.1. The second-order valence-electron chi connectivity index (χ2n) is 3.76. The van der Waals surface area contributed by atoms with Crippen molar-refractivity contribution in [3.63, 3.8) is 0 Å². The highest BCUT2D eigenvalue weighted by Crippen LogP contribution is 2.08. The summed E-state index contributed by atoms with van der Waals surface area (Å²) in [4.78, 5) is 2.46. The fourth-order valence-corrected chi connectivity index (χ4v) is 1.77. The van der Waals surface area contributed by atoms with Gasteiger partial charge in [0.05, 0.1) is 0 Å². The third kappa shape index (κ3) is 4.84. The molecule has 0 aromatic heterocycles. The van der Waals surface area contributed by atoms with Gasteiger partial charge in [-0.25, -0.2) is 0 Å². The van der Waals surface area contributed by atoms with Crippen molar-refractivity contribution in [2.45, 2.75) is 19.3 Å². The van der Waals surface area contributed by atoms with Gasteiger partial charge < -0.3 is 4.74 Å². The van der Waals surface area contributed by atoms with Gasteiger partial charge in [-0.05, 0) is 38.1 Å². The Morgan fingerprint density at radius 1 is 1.20 bits per heavy atom. The van der Waals surface area contributed by atoms with Gasteiger partial charge in [-0.1, -0.05) is 25.7 Å². The molecule has 1 heterocycles. The van der Waals surface area contributed by atoms with Crippen molar-refractivity contribution in [1.29, 1.82) is 0 Å². The van der Waals surface area contributed by atoms with Crippen LogP contribution in [0.3, 0.4) is 0 Å². The van der Waals surface area contributed by atoms with Crippen LogP contribution < -0.4 is 0 Å². The molecule has 0 atom stereocenters. The second-order valence-corrected chi connectivity index (χ2v) is 3.76. The van der Waals surface area contributed by atoms with E-state index in [1.54, 1.807) is 12.2 Å². The van der Waals surface area contributed by atoms with Crippen molar-refractivity contribution in [1.82, 2.24) is 4.90 Å². The summed E-state index contributed by atoms with van der Waals surface area (Å²) in [6, 6.07) is 0. The van der Waals surface area contributed by atoms with Gasteiger partial charge in [0.15, 0.2) is 0 Å². The Morgan fingerprint density at radius 2 is 1.93 bits per heavy atom. The van der Waals surface area contributed by atoms with Gasteiger partial charge in [-0.3, -0.25) is 4.90 Å². The first-order chi connectivity index (χ1) is 7.36. The summed E-state index contributed by atoms with van der Waals surface area (Å²) in [6.07, 6.45) is 9.32. The minimum absolute atomic E-state index is 0.742. The molecule has 0 aromatic carbocycles. The molecule has 0 aromatic rings. The number of rotatable bonds is 6. The predicted octanol–water partition coefficient (Wildman–Crippen LogP) is 2.74. The molecule has 0 bridgehead atoms. The lowest BCUT2D eigenvalue weighted by molar-refractivity contribution is 0.149. The maximum atomic E-state index is 5.56. The van der Waals surface area contributed by atoms with Gasteiger partial charge in [0.2, 0.25) is 0 Å². The van der Waals surface area contributed by atoms with E-state index < -0.39 is 0 Å². The molecule has 0 spiro atoms. The van der Waals surface area contributed by atoms with E-state index in [1.165, 1.54) is 32.4 Å². The van der Waals surface area contributed by atoms with Crippen LogP contribution in [0.25, 0.3) is 0 Å². The molecule has 0 saturated carbocycles. The predicted molar refractivity (Wildman–Crippen MR) is 64.7 cm³/mol. The first-order valence-corrected chi connectivity index (χ1v) is 5.67. The van der Waals surface area contributed by atoms with Gasteiger partial charge in [0.25, 0.3) is 0 Å². The van der Waals surface area contributed by atoms with Crippen molar-refractivity contribution >= 4 is 0 Å². The molecule has 1 aliphatic rings. The molecule has 0 N–H and O–H groups in total. The van der Waals surface area contributed by atoms with Crippen molar-refractivity contribution in [2.75, 3.05) is 26.2 Å². The lowest BCUT2D eigenvalue weighted by Crippen LogP contribution is -2.32. The highest BCUT2D eigenvalue weighted by molar-refractivity contribution is 5.14. The molecule has 1 fully saturated rings. The van der Waals surface area contributed by atoms with E-state index in [9.17, 15) is 0 Å². The lowest BCUT2D eigenvalue weighted by Gasteiger charge is -2.26. The van der Waals surface area contributed by atoms with Crippen LogP contribution in [0.1, 0.15) is 19.3 Å². The Balaban J connectivity index is 2.16. The van der Waals surface area contributed by atoms with Gasteiger partial charge in [0.1, 0.15) is 12.4 Å². The zero-order valence-electron chi connectivity index (χ0n) is 9.45. The summed E-state index contributed by atoms with van der Waals surface area (Å²) >= 11 is 0. The van der Waals surface area contributed by atoms with Crippen molar-refractivity contribution in [3.05, 3.63) is 37.1 Å². The number of allylic oxidation sites excluding steroid dienone is 3. The second kappa shape index (κ2) is 7.30. The van der Waals surface area contributed by atoms with Crippen LogP contribution in [0.5, 0.6) is 0 Å². The van der Waals surface area contributed by atoms with Crippen LogP contribution in [-0.4, -0.2) is 31.1 Å². The monoisotopic (exact) mass is 207 g/mol. The van der Waals surface area contributed by atoms with Crippen LogP contribution in [0, 0.1) is 0 Å². The number of hydrogen-bond donors (Lipinski definition) is 0. The van der Waals surface area contributed by atoms with Crippen LogP contribution >= 0.6 is 0 Å². The minimum Gasteiger partial charge on any atom is -0.492 e. The summed E-state index contributed by atoms with van der Waals surface area (Å²) in [5, 5.41) is 0. The Hall–Kier alpha value is -1.02. The number of nitrogens with zero attached hydrogens (tertiary/aromatic N) is 1. The number of piperidine rings is 1. The van der Waals surface area contributed by atoms with Gasteiger partial charge in [-0.15, -0.1) is 0 Å². The van der Waals surface area contributed by atoms with E-state index >= 15 is 0 Å². The fourth-order valence-electron chi connectivity index (χ4n) is 1.77. The summed E-state index contributed by atoms with van der Waals surface area (Å²) < 4.78 is 5.56. The zero-order valence-corrected chi connectivity index (χ0v) is 9.45. The molecular formula is C13H21NO. The Bertz CT molecular complexity index is 227. The normalized spacial score (nSPS) is 18.5. The minimum atomic E-state index is 0.742. The van der Waals surface area contributed by atoms with Crippen molar-refractivity contribution in [2.24, 2.45) is 0 Å². The number of likely N-dealkylation sites (tertiary alicyclic amines) is 1. The van der Waals surface area contributed by atoms with Crippen LogP contribution in [0.4, 0.5) is 0 Å². The average molecular weight is 207 g/mol. The van der Waals surface area contributed by atoms with Gasteiger partial charge in [0, 0.05) is 6.54 Å². The topological polar surface area (TPSA) is 12.5 Å². The van der Waals surface area contributed by atoms with Crippen LogP contribution in [0.15, 0.2) is 37.1 Å². The van der Waals surface area contributed by atoms with E-state index in [0.29, 0.717) is 0 Å². The largest absolute Gasteiger partial charge is 0.492 e. The van der Waals surface area contributed by atoms with E-state index in [0.717, 1.165) is 18.9 Å². The lowest BCUT2D eigenvalue weighted by atomic mass is 10.1. The summed E-state index contributed by atoms with van der Waals surface area (Å²) in [5.74, 6) is 0.807. The molecule has 0 radical (unpaired) electrons. The molecule has 15 heavy (non-hydrogen) atoms. The summed E-state index contributed by atoms with van der Waals surface area (Å²) in [7, 11) is 0. The van der Waals surface area contributed by atoms with E-state index in [4.69, 9.17) is 4.74 Å². The SMILES string of the molecule is C=C/C=C(\C=C)OCCN1CCCCC1. The third-order valence-electron chi connectivity index (χ3n) is 2.61. The molecule has 1 rings (SSSR count). The molecule has 2 heteroatoms. The Labute approximate surface area is 92.9 Å². The summed E-state index contributed by atoms with van der Waals surface area (Å²) in [6.45, 7) is 11.5. The van der Waals surface area contributed by atoms with E-state index in [1.807, 2.05) is 6.08 Å². The standard InChI is InChI=1S/C13H21NO/c1-3-8-13(4-2)15-12-11-14-9-6-5-7-10-14/h3-4,8H,1-2,5-7,9-12H2/b13-8+. The molecule has 0 aliphatic carbocycles. The van der Waals surface area contributed by atoms with Gasteiger partial charge >= 0.3 is 0 Å². The van der Waals surface area contributed by atoms with Crippen molar-refractivity contribution in [3.8, 4) is 0 Å². The smallest absolute Gasteiger partial charge is 0.118 e. The zero-order chi connectivity index (χ0) is 10.9. The highest BCUT2D eigenvalue weighted by atomic mass is 16.5. The number of ether oxygens (including phenoxy) is 1. The molecule has 1 saturated heterocycles. The molecule has 1 aliphatic heterocycles. The van der Waals surface area contributed by atoms with E-state index in [2.05, 4.69) is 18.1 Å². The average Bonchev–Trinajstić information content (AvgIpc) is 2.29. The first-order valence-electron chi connectivity index (χ1n) is 5.67. The van der Waals surface area contributed by atoms with Crippen LogP contribution in [0.2, 0.25) is 0 Å². The number of hydrogen-bond acceptors (Lipinski definition) is 2. The Morgan fingerprint density at radius 3 is 2.53 bits per heavy atom. The summed E-state index contributed by atoms with van der Waals surface area (Å²) in [5.41, 5.74) is 0. The maximum absolute atomic E-state index is 5.56. The fraction of sp³-hybridized carbons (Fsp3) is 0.538. The van der Waals surface area contributed by atoms with Crippen LogP contribution in [-0.2, 0) is 4.74 Å². The molecule has 0 amide bonds. The molecular weight excluding hydrogens is 186 g/mol. The molecule has 2 nitrogen and oxygen atoms in total. The van der Waals surface area contributed by atoms with Crippen molar-refractivity contribution < 1.29 is 4.74 Å². The maximum Gasteiger partial charge on any atom is 0.118 e. The quantitative estimate of drug-likeness (QED) is 0.490. The third-order valence-corrected chi connectivity index (χ3v) is 2.61.